The lowest BCUT2D eigenvalue weighted by Gasteiger charge is -2.24. The van der Waals surface area contributed by atoms with Crippen LogP contribution < -0.4 is 0 Å². The van der Waals surface area contributed by atoms with E-state index in [0.717, 1.165) is 31.6 Å². The Hall–Kier alpha value is -0.870. The molecule has 0 aliphatic carbocycles. The maximum atomic E-state index is 13.0. The molecule has 4 nitrogen and oxygen atoms in total. The molecule has 1 amide bonds. The van der Waals surface area contributed by atoms with Crippen molar-refractivity contribution >= 4 is 5.91 Å². The zero-order chi connectivity index (χ0) is 35.9. The number of aliphatic hydroxyl groups excluding tert-OH is 2. The molecule has 49 heavy (non-hydrogen) atoms. The van der Waals surface area contributed by atoms with Gasteiger partial charge >= 0.3 is 0 Å². The van der Waals surface area contributed by atoms with Crippen LogP contribution in [-0.2, 0) is 4.79 Å². The Morgan fingerprint density at radius 2 is 0.878 bits per heavy atom. The molecule has 0 aromatic heterocycles. The Morgan fingerprint density at radius 1 is 0.510 bits per heavy atom. The smallest absolute Gasteiger partial charge is 0.246 e. The fraction of sp³-hybridized carbons (Fsp3) is 0.933. The van der Waals surface area contributed by atoms with Crippen molar-refractivity contribution in [3.05, 3.63) is 12.2 Å². The maximum Gasteiger partial charge on any atom is 0.246 e. The number of amides is 1. The highest BCUT2D eigenvalue weighted by molar-refractivity contribution is 5.87. The summed E-state index contributed by atoms with van der Waals surface area (Å²) < 4.78 is 0. The predicted molar refractivity (Wildman–Crippen MR) is 216 cm³/mol. The lowest BCUT2D eigenvalue weighted by Crippen LogP contribution is -2.38. The maximum absolute atomic E-state index is 13.0. The molecule has 0 heterocycles. The summed E-state index contributed by atoms with van der Waals surface area (Å²) in [5.41, 5.74) is 0. The van der Waals surface area contributed by atoms with Gasteiger partial charge in [0.25, 0.3) is 0 Å². The van der Waals surface area contributed by atoms with E-state index in [0.29, 0.717) is 6.54 Å². The van der Waals surface area contributed by atoms with Gasteiger partial charge in [-0.15, -0.1) is 0 Å². The van der Waals surface area contributed by atoms with E-state index >= 15 is 0 Å². The van der Waals surface area contributed by atoms with Gasteiger partial charge in [-0.2, -0.15) is 0 Å². The molecule has 0 fully saturated rings. The highest BCUT2D eigenvalue weighted by Gasteiger charge is 2.16. The first-order valence-corrected chi connectivity index (χ1v) is 22.3. The molecule has 0 saturated heterocycles. The summed E-state index contributed by atoms with van der Waals surface area (Å²) in [6.07, 6.45) is 48.3. The molecule has 2 unspecified atom stereocenters. The van der Waals surface area contributed by atoms with Crippen molar-refractivity contribution in [1.29, 1.82) is 0 Å². The summed E-state index contributed by atoms with van der Waals surface area (Å²) in [5, 5.41) is 19.5. The van der Waals surface area contributed by atoms with Crippen molar-refractivity contribution in [2.24, 2.45) is 5.92 Å². The standard InChI is InChI=1S/C45H89NO3/c1-4-7-10-12-14-16-18-19-20-21-22-23-25-27-29-31-33-39-45(49)46(41-44(48)42-47)40-35-34-38-43(36-9-6-3)37-32-30-28-26-24-17-15-13-11-8-5-2/h33,39,43-44,47-48H,4-32,34-38,40-42H2,1-3H3. The van der Waals surface area contributed by atoms with Gasteiger partial charge in [0.1, 0.15) is 0 Å². The van der Waals surface area contributed by atoms with Crippen LogP contribution in [0.5, 0.6) is 0 Å². The average Bonchev–Trinajstić information content (AvgIpc) is 3.11. The van der Waals surface area contributed by atoms with Crippen LogP contribution in [0.3, 0.4) is 0 Å². The number of aliphatic hydroxyl groups is 2. The van der Waals surface area contributed by atoms with E-state index in [1.165, 1.54) is 193 Å². The van der Waals surface area contributed by atoms with Crippen LogP contribution in [0, 0.1) is 5.92 Å². The fourth-order valence-electron chi connectivity index (χ4n) is 7.29. The molecule has 2 atom stereocenters. The lowest BCUT2D eigenvalue weighted by atomic mass is 9.90. The molecule has 0 aliphatic heterocycles. The molecule has 292 valence electrons. The predicted octanol–water partition coefficient (Wildman–Crippen LogP) is 13.7. The van der Waals surface area contributed by atoms with Gasteiger partial charge in [0.05, 0.1) is 12.7 Å². The molecule has 0 radical (unpaired) electrons. The van der Waals surface area contributed by atoms with Gasteiger partial charge in [0, 0.05) is 13.1 Å². The van der Waals surface area contributed by atoms with Gasteiger partial charge in [-0.1, -0.05) is 226 Å². The van der Waals surface area contributed by atoms with E-state index < -0.39 is 6.10 Å². The van der Waals surface area contributed by atoms with Gasteiger partial charge in [0.15, 0.2) is 0 Å². The highest BCUT2D eigenvalue weighted by atomic mass is 16.3. The van der Waals surface area contributed by atoms with Gasteiger partial charge in [-0.3, -0.25) is 4.79 Å². The molecular weight excluding hydrogens is 602 g/mol. The van der Waals surface area contributed by atoms with Crippen LogP contribution in [0.15, 0.2) is 12.2 Å². The van der Waals surface area contributed by atoms with Crippen molar-refractivity contribution in [2.45, 2.75) is 245 Å². The molecule has 0 aromatic rings. The molecule has 0 bridgehead atoms. The van der Waals surface area contributed by atoms with Crippen LogP contribution in [0.1, 0.15) is 239 Å². The summed E-state index contributed by atoms with van der Waals surface area (Å²) in [6.45, 7) is 7.45. The Labute approximate surface area is 308 Å². The first-order chi connectivity index (χ1) is 24.1. The van der Waals surface area contributed by atoms with Crippen LogP contribution in [0.4, 0.5) is 0 Å². The number of allylic oxidation sites excluding steroid dienone is 1. The topological polar surface area (TPSA) is 60.8 Å². The number of unbranched alkanes of at least 4 members (excludes halogenated alkanes) is 27. The summed E-state index contributed by atoms with van der Waals surface area (Å²) in [6, 6.07) is 0. The van der Waals surface area contributed by atoms with E-state index in [1.807, 2.05) is 6.08 Å². The SMILES string of the molecule is CCCCCCCCCCCCCCCCCC=CC(=O)N(CCCCC(CCCC)CCCCCCCCCCCCC)CC(O)CO. The molecule has 0 saturated carbocycles. The normalized spacial score (nSPS) is 13.0. The minimum Gasteiger partial charge on any atom is -0.394 e. The number of hydrogen-bond acceptors (Lipinski definition) is 3. The van der Waals surface area contributed by atoms with Crippen LogP contribution >= 0.6 is 0 Å². The molecule has 0 rings (SSSR count). The van der Waals surface area contributed by atoms with Crippen LogP contribution in [0.25, 0.3) is 0 Å². The van der Waals surface area contributed by atoms with Crippen molar-refractivity contribution in [3.8, 4) is 0 Å². The Kier molecular flexibility index (Phi) is 39.2. The van der Waals surface area contributed by atoms with Gasteiger partial charge in [0.2, 0.25) is 5.91 Å². The summed E-state index contributed by atoms with van der Waals surface area (Å²) in [7, 11) is 0. The molecule has 0 aliphatic rings. The zero-order valence-electron chi connectivity index (χ0n) is 33.7. The summed E-state index contributed by atoms with van der Waals surface area (Å²) >= 11 is 0. The summed E-state index contributed by atoms with van der Waals surface area (Å²) in [4.78, 5) is 14.8. The monoisotopic (exact) mass is 692 g/mol. The number of carbonyl (C=O) groups is 1. The molecule has 0 aromatic carbocycles. The van der Waals surface area contributed by atoms with Crippen molar-refractivity contribution in [3.63, 3.8) is 0 Å². The van der Waals surface area contributed by atoms with Crippen LogP contribution in [-0.4, -0.2) is 46.8 Å². The minimum atomic E-state index is -0.869. The van der Waals surface area contributed by atoms with Gasteiger partial charge in [-0.25, -0.2) is 0 Å². The second-order valence-corrected chi connectivity index (χ2v) is 15.6. The van der Waals surface area contributed by atoms with E-state index in [2.05, 4.69) is 20.8 Å². The molecule has 2 N–H and O–H groups in total. The Morgan fingerprint density at radius 3 is 1.31 bits per heavy atom. The van der Waals surface area contributed by atoms with E-state index in [4.69, 9.17) is 0 Å². The quantitative estimate of drug-likeness (QED) is 0.0497. The van der Waals surface area contributed by atoms with Crippen LogP contribution in [0.2, 0.25) is 0 Å². The zero-order valence-corrected chi connectivity index (χ0v) is 33.7. The molecular formula is C45H89NO3. The number of nitrogens with zero attached hydrogens (tertiary/aromatic N) is 1. The summed E-state index contributed by atoms with van der Waals surface area (Å²) in [5.74, 6) is 0.789. The van der Waals surface area contributed by atoms with Crippen molar-refractivity contribution in [1.82, 2.24) is 4.90 Å². The first-order valence-electron chi connectivity index (χ1n) is 22.3. The van der Waals surface area contributed by atoms with E-state index in [1.54, 1.807) is 11.0 Å². The van der Waals surface area contributed by atoms with E-state index in [9.17, 15) is 15.0 Å². The lowest BCUT2D eigenvalue weighted by molar-refractivity contribution is -0.127. The fourth-order valence-corrected chi connectivity index (χ4v) is 7.29. The largest absolute Gasteiger partial charge is 0.394 e. The van der Waals surface area contributed by atoms with Gasteiger partial charge in [-0.05, 0) is 31.3 Å². The minimum absolute atomic E-state index is 0.0167. The number of hydrogen-bond donors (Lipinski definition) is 2. The van der Waals surface area contributed by atoms with E-state index in [-0.39, 0.29) is 19.1 Å². The molecule has 4 heteroatoms. The average molecular weight is 692 g/mol. The number of rotatable bonds is 40. The second kappa shape index (κ2) is 39.9. The van der Waals surface area contributed by atoms with Gasteiger partial charge < -0.3 is 15.1 Å². The third-order valence-corrected chi connectivity index (χ3v) is 10.7. The Balaban J connectivity index is 4.13. The molecule has 0 spiro atoms. The highest BCUT2D eigenvalue weighted by Crippen LogP contribution is 2.24. The third kappa shape index (κ3) is 35.3. The third-order valence-electron chi connectivity index (χ3n) is 10.7. The van der Waals surface area contributed by atoms with Crippen molar-refractivity contribution < 1.29 is 15.0 Å². The number of carbonyl (C=O) groups excluding carboxylic acids is 1. The van der Waals surface area contributed by atoms with Crippen molar-refractivity contribution in [2.75, 3.05) is 19.7 Å². The second-order valence-electron chi connectivity index (χ2n) is 15.6. The first kappa shape index (κ1) is 48.1. The Bertz CT molecular complexity index is 680.